The van der Waals surface area contributed by atoms with Crippen LogP contribution in [0.4, 0.5) is 0 Å². The highest BCUT2D eigenvalue weighted by Gasteiger charge is 2.57. The van der Waals surface area contributed by atoms with Gasteiger partial charge in [0.15, 0.2) is 0 Å². The summed E-state index contributed by atoms with van der Waals surface area (Å²) in [6.07, 6.45) is 15.1. The molecule has 22 heavy (non-hydrogen) atoms. The number of hydrogen-bond acceptors (Lipinski definition) is 3. The van der Waals surface area contributed by atoms with E-state index in [9.17, 15) is 4.79 Å². The number of nitrogens with zero attached hydrogens (tertiary/aromatic N) is 1. The molecule has 4 aliphatic carbocycles. The summed E-state index contributed by atoms with van der Waals surface area (Å²) < 4.78 is 0. The topological polar surface area (TPSA) is 53.3 Å². The van der Waals surface area contributed by atoms with E-state index in [1.165, 1.54) is 5.57 Å². The van der Waals surface area contributed by atoms with Gasteiger partial charge >= 0.3 is 0 Å². The highest BCUT2D eigenvalue weighted by atomic mass is 16.1. The van der Waals surface area contributed by atoms with Crippen LogP contribution >= 0.6 is 0 Å². The Balaban J connectivity index is 1.75. The fraction of sp³-hybridized carbons (Fsp3) is 0.632. The molecule has 0 heterocycles. The molecule has 1 N–H and O–H groups in total. The number of carbonyl (C=O) groups is 1. The lowest BCUT2D eigenvalue weighted by molar-refractivity contribution is -0.130. The fourth-order valence-corrected chi connectivity index (χ4v) is 5.62. The van der Waals surface area contributed by atoms with Gasteiger partial charge in [0, 0.05) is 17.3 Å². The highest BCUT2D eigenvalue weighted by Crippen LogP contribution is 2.61. The van der Waals surface area contributed by atoms with Crippen molar-refractivity contribution in [1.29, 1.82) is 5.53 Å². The Labute approximate surface area is 132 Å². The molecule has 0 aromatic heterocycles. The van der Waals surface area contributed by atoms with E-state index in [0.717, 1.165) is 25.7 Å². The molecule has 6 atom stereocenters. The van der Waals surface area contributed by atoms with Crippen molar-refractivity contribution in [2.45, 2.75) is 45.6 Å². The highest BCUT2D eigenvalue weighted by molar-refractivity contribution is 5.87. The summed E-state index contributed by atoms with van der Waals surface area (Å²) in [4.78, 5) is 12.4. The predicted molar refractivity (Wildman–Crippen MR) is 85.5 cm³/mol. The molecule has 0 saturated heterocycles. The summed E-state index contributed by atoms with van der Waals surface area (Å²) in [6, 6.07) is -0.105. The summed E-state index contributed by atoms with van der Waals surface area (Å²) in [5, 5.41) is 3.66. The van der Waals surface area contributed by atoms with E-state index >= 15 is 0 Å². The third-order valence-electron chi connectivity index (χ3n) is 7.07. The number of Topliss-reactive ketones (excluding diaryl/α,β-unsaturated/α-hetero) is 1. The fourth-order valence-electron chi connectivity index (χ4n) is 5.62. The number of hydrogen-bond donors (Lipinski definition) is 1. The Hall–Kier alpha value is -1.51. The van der Waals surface area contributed by atoms with E-state index in [1.807, 2.05) is 0 Å². The van der Waals surface area contributed by atoms with Crippen LogP contribution in [-0.2, 0) is 4.79 Å². The van der Waals surface area contributed by atoms with E-state index in [0.29, 0.717) is 23.5 Å². The van der Waals surface area contributed by atoms with Gasteiger partial charge in [-0.3, -0.25) is 4.79 Å². The summed E-state index contributed by atoms with van der Waals surface area (Å²) in [7, 11) is 0. The first kappa shape index (κ1) is 14.1. The monoisotopic (exact) mass is 296 g/mol. The Morgan fingerprint density at radius 2 is 2.05 bits per heavy atom. The van der Waals surface area contributed by atoms with Crippen LogP contribution in [-0.4, -0.2) is 11.8 Å². The molecule has 4 aliphatic rings. The number of rotatable bonds is 1. The molecule has 0 amide bonds. The molecule has 0 aromatic rings. The molecular formula is C19H24N2O. The molecule has 0 aromatic carbocycles. The Bertz CT molecular complexity index is 631. The Morgan fingerprint density at radius 1 is 1.23 bits per heavy atom. The van der Waals surface area contributed by atoms with Gasteiger partial charge in [-0.2, -0.15) is 5.11 Å². The van der Waals surface area contributed by atoms with Gasteiger partial charge in [-0.15, -0.1) is 0 Å². The number of fused-ring (bicyclic) bond motifs is 5. The molecule has 0 bridgehead atoms. The van der Waals surface area contributed by atoms with Crippen LogP contribution in [0, 0.1) is 34.1 Å². The molecule has 3 heteroatoms. The van der Waals surface area contributed by atoms with Crippen molar-refractivity contribution >= 4 is 5.78 Å². The van der Waals surface area contributed by atoms with E-state index in [2.05, 4.69) is 49.3 Å². The number of carbonyl (C=O) groups excluding carboxylic acids is 1. The third-order valence-corrected chi connectivity index (χ3v) is 7.07. The third kappa shape index (κ3) is 1.65. The minimum absolute atomic E-state index is 0.0492. The van der Waals surface area contributed by atoms with Crippen molar-refractivity contribution in [2.75, 3.05) is 0 Å². The van der Waals surface area contributed by atoms with Crippen LogP contribution in [0.5, 0.6) is 0 Å². The summed E-state index contributed by atoms with van der Waals surface area (Å²) in [5.74, 6) is 2.10. The van der Waals surface area contributed by atoms with Gasteiger partial charge in [-0.05, 0) is 42.6 Å². The molecule has 4 rings (SSSR count). The first-order valence-electron chi connectivity index (χ1n) is 8.49. The molecular weight excluding hydrogens is 272 g/mol. The maximum absolute atomic E-state index is 12.4. The molecule has 0 radical (unpaired) electrons. The van der Waals surface area contributed by atoms with Crippen molar-refractivity contribution in [3.05, 3.63) is 36.0 Å². The van der Waals surface area contributed by atoms with Crippen molar-refractivity contribution in [3.63, 3.8) is 0 Å². The Morgan fingerprint density at radius 3 is 2.82 bits per heavy atom. The molecule has 3 nitrogen and oxygen atoms in total. The number of allylic oxidation sites excluding steroid dienone is 4. The summed E-state index contributed by atoms with van der Waals surface area (Å²) in [6.45, 7) is 4.53. The zero-order valence-corrected chi connectivity index (χ0v) is 13.4. The Kier molecular flexibility index (Phi) is 2.88. The average Bonchev–Trinajstić information content (AvgIpc) is 2.82. The van der Waals surface area contributed by atoms with Crippen molar-refractivity contribution in [1.82, 2.24) is 0 Å². The van der Waals surface area contributed by atoms with Crippen LogP contribution in [0.1, 0.15) is 39.5 Å². The number of ketones is 1. The zero-order valence-electron chi connectivity index (χ0n) is 13.4. The van der Waals surface area contributed by atoms with Crippen LogP contribution in [0.3, 0.4) is 0 Å². The van der Waals surface area contributed by atoms with Gasteiger partial charge in [0.05, 0.1) is 0 Å². The first-order valence-corrected chi connectivity index (χ1v) is 8.49. The molecule has 116 valence electrons. The van der Waals surface area contributed by atoms with Crippen LogP contribution in [0.15, 0.2) is 41.1 Å². The lowest BCUT2D eigenvalue weighted by atomic mass is 9.50. The quantitative estimate of drug-likeness (QED) is 0.563. The van der Waals surface area contributed by atoms with E-state index < -0.39 is 0 Å². The maximum atomic E-state index is 12.4. The molecule has 2 saturated carbocycles. The lowest BCUT2D eigenvalue weighted by Gasteiger charge is -2.53. The SMILES string of the molecule is C[C@]12C=CC(N=N)C=C1C=CC1C2CC[C@]2(C)C(=O)CCC12. The number of nitrogens with one attached hydrogen (secondary N) is 1. The van der Waals surface area contributed by atoms with Gasteiger partial charge in [0.25, 0.3) is 0 Å². The molecule has 4 unspecified atom stereocenters. The second kappa shape index (κ2) is 4.50. The minimum atomic E-state index is -0.105. The summed E-state index contributed by atoms with van der Waals surface area (Å²) in [5.41, 5.74) is 8.54. The van der Waals surface area contributed by atoms with Gasteiger partial charge < -0.3 is 0 Å². The average molecular weight is 296 g/mol. The minimum Gasteiger partial charge on any atom is -0.299 e. The van der Waals surface area contributed by atoms with Crippen LogP contribution in [0.25, 0.3) is 0 Å². The normalized spacial score (nSPS) is 49.2. The van der Waals surface area contributed by atoms with Gasteiger partial charge in [0.1, 0.15) is 11.8 Å². The lowest BCUT2D eigenvalue weighted by Crippen LogP contribution is -2.48. The standard InChI is InChI=1S/C19H24N2O/c1-18-9-7-13(21-20)11-12(18)3-4-14-15-5-6-17(22)19(15,2)10-8-16(14)18/h3-4,7,9,11,13-16,20H,5-6,8,10H2,1-2H3/t13?,14?,15?,16?,18-,19-/m0/s1. The predicted octanol–water partition coefficient (Wildman–Crippen LogP) is 4.47. The molecule has 0 aliphatic heterocycles. The second-order valence-electron chi connectivity index (χ2n) is 7.95. The van der Waals surface area contributed by atoms with Gasteiger partial charge in [-0.1, -0.05) is 44.2 Å². The van der Waals surface area contributed by atoms with Crippen LogP contribution in [0.2, 0.25) is 0 Å². The largest absolute Gasteiger partial charge is 0.299 e. The zero-order chi connectivity index (χ0) is 15.5. The molecule has 0 spiro atoms. The van der Waals surface area contributed by atoms with Crippen molar-refractivity contribution < 1.29 is 4.79 Å². The maximum Gasteiger partial charge on any atom is 0.139 e. The van der Waals surface area contributed by atoms with Crippen molar-refractivity contribution in [3.8, 4) is 0 Å². The van der Waals surface area contributed by atoms with Gasteiger partial charge in [0.2, 0.25) is 0 Å². The molecule has 2 fully saturated rings. The second-order valence-corrected chi connectivity index (χ2v) is 7.95. The summed E-state index contributed by atoms with van der Waals surface area (Å²) >= 11 is 0. The van der Waals surface area contributed by atoms with E-state index in [1.54, 1.807) is 0 Å². The van der Waals surface area contributed by atoms with E-state index in [4.69, 9.17) is 5.53 Å². The van der Waals surface area contributed by atoms with Crippen molar-refractivity contribution in [2.24, 2.45) is 33.7 Å². The smallest absolute Gasteiger partial charge is 0.139 e. The van der Waals surface area contributed by atoms with E-state index in [-0.39, 0.29) is 16.9 Å². The van der Waals surface area contributed by atoms with Gasteiger partial charge in [-0.25, -0.2) is 5.53 Å². The first-order chi connectivity index (χ1) is 10.5. The van der Waals surface area contributed by atoms with Crippen LogP contribution < -0.4 is 0 Å².